The number of fused-ring (bicyclic) bond motifs is 3. The molecule has 6 N–H and O–H groups in total. The van der Waals surface area contributed by atoms with Crippen LogP contribution >= 0.6 is 0 Å². The fourth-order valence-corrected chi connectivity index (χ4v) is 5.68. The fourth-order valence-electron chi connectivity index (χ4n) is 5.68. The Kier molecular flexibility index (Phi) is 13.5. The Morgan fingerprint density at radius 2 is 0.623 bits per heavy atom. The molecule has 6 aromatic heterocycles. The molecule has 18 nitrogen and oxygen atoms in total. The van der Waals surface area contributed by atoms with Gasteiger partial charge in [-0.1, -0.05) is 54.6 Å². The van der Waals surface area contributed by atoms with Crippen LogP contribution in [0.5, 0.6) is 0 Å². The van der Waals surface area contributed by atoms with E-state index in [9.17, 15) is 28.8 Å². The quantitative estimate of drug-likeness (QED) is 0.127. The molecule has 0 aliphatic rings. The van der Waals surface area contributed by atoms with E-state index in [2.05, 4.69) is 44.9 Å². The Morgan fingerprint density at radius 1 is 0.361 bits per heavy atom. The van der Waals surface area contributed by atoms with Gasteiger partial charge in [0.15, 0.2) is 17.5 Å². The molecule has 6 heterocycles. The Balaban J connectivity index is 0.000000152. The van der Waals surface area contributed by atoms with Crippen LogP contribution < -0.4 is 16.7 Å². The van der Waals surface area contributed by atoms with Gasteiger partial charge in [-0.25, -0.2) is 44.3 Å². The second kappa shape index (κ2) is 19.1. The summed E-state index contributed by atoms with van der Waals surface area (Å²) < 4.78 is 0. The maximum atomic E-state index is 12.0. The predicted octanol–water partition coefficient (Wildman–Crippen LogP) is 5.05. The minimum absolute atomic E-state index is 0. The molecule has 0 bridgehead atoms. The molecule has 0 spiro atoms. The zero-order valence-electron chi connectivity index (χ0n) is 31.0. The number of rotatable bonds is 6. The number of nitrogens with one attached hydrogen (secondary N) is 3. The first-order valence-corrected chi connectivity index (χ1v) is 17.5. The van der Waals surface area contributed by atoms with Crippen molar-refractivity contribution in [2.75, 3.05) is 0 Å². The van der Waals surface area contributed by atoms with Gasteiger partial charge in [0, 0.05) is 49.4 Å². The SMILES string of the molecule is O=C(O)c1cccc(-c2nc3ccccc3c(=O)[nH]2)n1.O=C(O)c1cccc(-c2nc3ccccc3c(=O)[nH]2)n1.O=C(O)c1cccc(-c2nc3ccccc3c(=O)[nH]2)n1.[Eu]. The van der Waals surface area contributed by atoms with Crippen LogP contribution in [0.15, 0.2) is 142 Å². The van der Waals surface area contributed by atoms with Gasteiger partial charge in [-0.05, 0) is 72.8 Å². The topological polar surface area (TPSA) is 288 Å². The molecule has 0 unspecified atom stereocenters. The molecule has 0 saturated heterocycles. The number of carboxylic acid groups (broad SMARTS) is 3. The number of carboxylic acids is 3. The average molecular weight is 954 g/mol. The van der Waals surface area contributed by atoms with Crippen molar-refractivity contribution >= 4 is 50.6 Å². The van der Waals surface area contributed by atoms with E-state index < -0.39 is 17.9 Å². The van der Waals surface area contributed by atoms with Crippen LogP contribution in [0.2, 0.25) is 0 Å². The normalized spacial score (nSPS) is 10.4. The first-order chi connectivity index (χ1) is 28.9. The minimum Gasteiger partial charge on any atom is -0.477 e. The summed E-state index contributed by atoms with van der Waals surface area (Å²) in [5.41, 5.74) is 1.40. The van der Waals surface area contributed by atoms with Crippen LogP contribution in [0.4, 0.5) is 0 Å². The number of hydrogen-bond donors (Lipinski definition) is 6. The maximum Gasteiger partial charge on any atom is 0.354 e. The molecule has 9 rings (SSSR count). The molecule has 0 aliphatic heterocycles. The van der Waals surface area contributed by atoms with E-state index in [4.69, 9.17) is 15.3 Å². The van der Waals surface area contributed by atoms with Crippen molar-refractivity contribution in [2.24, 2.45) is 0 Å². The Morgan fingerprint density at radius 3 is 0.885 bits per heavy atom. The summed E-state index contributed by atoms with van der Waals surface area (Å²) in [6, 6.07) is 34.4. The van der Waals surface area contributed by atoms with Gasteiger partial charge < -0.3 is 30.3 Å². The van der Waals surface area contributed by atoms with Gasteiger partial charge in [-0.15, -0.1) is 0 Å². The summed E-state index contributed by atoms with van der Waals surface area (Å²) in [5.74, 6) is -2.65. The number of aromatic carboxylic acids is 3. The molecular formula is C42H27EuN9O9. The van der Waals surface area contributed by atoms with Crippen LogP contribution in [0.3, 0.4) is 0 Å². The molecule has 9 aromatic rings. The summed E-state index contributed by atoms with van der Waals surface area (Å²) >= 11 is 0. The van der Waals surface area contributed by atoms with Crippen molar-refractivity contribution in [1.29, 1.82) is 0 Å². The van der Waals surface area contributed by atoms with Gasteiger partial charge in [0.2, 0.25) is 0 Å². The van der Waals surface area contributed by atoms with Gasteiger partial charge in [0.1, 0.15) is 34.2 Å². The largest absolute Gasteiger partial charge is 0.477 e. The molecule has 19 heteroatoms. The van der Waals surface area contributed by atoms with Gasteiger partial charge in [0.05, 0.1) is 32.7 Å². The number of hydrogen-bond acceptors (Lipinski definition) is 12. The van der Waals surface area contributed by atoms with Crippen LogP contribution in [-0.2, 0) is 0 Å². The zero-order valence-corrected chi connectivity index (χ0v) is 33.4. The molecule has 0 fully saturated rings. The smallest absolute Gasteiger partial charge is 0.354 e. The summed E-state index contributed by atoms with van der Waals surface area (Å²) in [6.07, 6.45) is 0. The number of aromatic nitrogens is 9. The maximum absolute atomic E-state index is 12.0. The van der Waals surface area contributed by atoms with Crippen LogP contribution in [0.25, 0.3) is 67.3 Å². The minimum atomic E-state index is -1.13. The fraction of sp³-hybridized carbons (Fsp3) is 0. The second-order valence-electron chi connectivity index (χ2n) is 12.4. The summed E-state index contributed by atoms with van der Waals surface area (Å²) in [7, 11) is 0. The van der Waals surface area contributed by atoms with Crippen molar-refractivity contribution in [3.63, 3.8) is 0 Å². The van der Waals surface area contributed by atoms with Crippen LogP contribution in [0.1, 0.15) is 31.5 Å². The van der Waals surface area contributed by atoms with Gasteiger partial charge in [0.25, 0.3) is 16.7 Å². The van der Waals surface area contributed by atoms with Gasteiger partial charge in [-0.3, -0.25) is 14.4 Å². The Hall–Kier alpha value is -7.48. The first kappa shape index (κ1) is 43.1. The predicted molar refractivity (Wildman–Crippen MR) is 218 cm³/mol. The molecule has 301 valence electrons. The van der Waals surface area contributed by atoms with E-state index in [1.165, 1.54) is 18.2 Å². The number of nitrogens with zero attached hydrogens (tertiary/aromatic N) is 6. The average Bonchev–Trinajstić information content (AvgIpc) is 3.27. The monoisotopic (exact) mass is 954 g/mol. The second-order valence-corrected chi connectivity index (χ2v) is 12.4. The van der Waals surface area contributed by atoms with Crippen LogP contribution in [0, 0.1) is 49.4 Å². The van der Waals surface area contributed by atoms with E-state index in [1.54, 1.807) is 109 Å². The van der Waals surface area contributed by atoms with Crippen molar-refractivity contribution in [3.05, 3.63) is 176 Å². The Labute approximate surface area is 381 Å². The third-order valence-electron chi connectivity index (χ3n) is 8.47. The van der Waals surface area contributed by atoms with Crippen molar-refractivity contribution < 1.29 is 79.1 Å². The van der Waals surface area contributed by atoms with E-state index in [0.29, 0.717) is 49.8 Å². The molecule has 61 heavy (non-hydrogen) atoms. The van der Waals surface area contributed by atoms with Crippen LogP contribution in [-0.4, -0.2) is 78.1 Å². The molecule has 0 saturated carbocycles. The standard InChI is InChI=1S/3C14H9N3O3.Eu/c3*18-13-8-4-1-2-5-9(8)16-12(17-13)10-6-3-7-11(15-10)14(19)20;/h3*1-7H,(H,19,20)(H,16,17,18);. The zero-order chi connectivity index (χ0) is 42.3. The summed E-state index contributed by atoms with van der Waals surface area (Å²) in [5, 5.41) is 28.2. The third kappa shape index (κ3) is 10.0. The molecule has 0 amide bonds. The molecule has 3 aromatic carbocycles. The van der Waals surface area contributed by atoms with E-state index in [-0.39, 0.29) is 101 Å². The Bertz CT molecular complexity index is 2970. The van der Waals surface area contributed by atoms with E-state index >= 15 is 0 Å². The van der Waals surface area contributed by atoms with Crippen molar-refractivity contribution in [2.45, 2.75) is 0 Å². The van der Waals surface area contributed by atoms with Gasteiger partial charge in [-0.2, -0.15) is 0 Å². The summed E-state index contributed by atoms with van der Waals surface area (Å²) in [4.78, 5) is 101. The van der Waals surface area contributed by atoms with Crippen molar-refractivity contribution in [3.8, 4) is 34.6 Å². The molecule has 1 radical (unpaired) electrons. The third-order valence-corrected chi connectivity index (χ3v) is 8.47. The first-order valence-electron chi connectivity index (χ1n) is 17.5. The summed E-state index contributed by atoms with van der Waals surface area (Å²) in [6.45, 7) is 0. The molecular weight excluding hydrogens is 926 g/mol. The number of carbonyl (C=O) groups is 3. The van der Waals surface area contributed by atoms with Crippen molar-refractivity contribution in [1.82, 2.24) is 44.9 Å². The van der Waals surface area contributed by atoms with E-state index in [0.717, 1.165) is 0 Å². The number of H-pyrrole nitrogens is 3. The molecule has 0 aliphatic carbocycles. The van der Waals surface area contributed by atoms with Gasteiger partial charge >= 0.3 is 17.9 Å². The number of aromatic amines is 3. The number of benzene rings is 3. The molecule has 0 atom stereocenters. The van der Waals surface area contributed by atoms with E-state index in [1.807, 2.05) is 0 Å². The number of para-hydroxylation sites is 3. The number of pyridine rings is 3.